The highest BCUT2D eigenvalue weighted by atomic mass is 15.3. The molecule has 0 aliphatic carbocycles. The summed E-state index contributed by atoms with van der Waals surface area (Å²) in [6, 6.07) is 10.6. The summed E-state index contributed by atoms with van der Waals surface area (Å²) in [6.45, 7) is 2.74. The number of hydrogen-bond donors (Lipinski definition) is 1. The third-order valence-electron chi connectivity index (χ3n) is 4.68. The van der Waals surface area contributed by atoms with Crippen LogP contribution < -0.4 is 10.2 Å². The van der Waals surface area contributed by atoms with Crippen LogP contribution in [0, 0.1) is 0 Å². The molecule has 0 spiro atoms. The van der Waals surface area contributed by atoms with Crippen molar-refractivity contribution in [3.8, 4) is 0 Å². The van der Waals surface area contributed by atoms with Crippen molar-refractivity contribution in [3.63, 3.8) is 0 Å². The maximum Gasteiger partial charge on any atom is 0.225 e. The first kappa shape index (κ1) is 15.1. The third-order valence-corrected chi connectivity index (χ3v) is 4.68. The number of hydrogen-bond acceptors (Lipinski definition) is 5. The summed E-state index contributed by atoms with van der Waals surface area (Å²) in [5, 5.41) is 3.66. The van der Waals surface area contributed by atoms with E-state index in [-0.39, 0.29) is 0 Å². The summed E-state index contributed by atoms with van der Waals surface area (Å²) in [5.74, 6) is 1.90. The zero-order chi connectivity index (χ0) is 16.4. The van der Waals surface area contributed by atoms with E-state index in [4.69, 9.17) is 4.98 Å². The Kier molecular flexibility index (Phi) is 4.13. The fourth-order valence-electron chi connectivity index (χ4n) is 3.37. The highest BCUT2D eigenvalue weighted by molar-refractivity contribution is 5.75. The molecule has 3 heterocycles. The second-order valence-corrected chi connectivity index (χ2v) is 6.29. The van der Waals surface area contributed by atoms with Crippen LogP contribution in [0.15, 0.2) is 42.7 Å². The summed E-state index contributed by atoms with van der Waals surface area (Å²) in [6.07, 6.45) is 5.93. The van der Waals surface area contributed by atoms with Crippen LogP contribution in [0.1, 0.15) is 18.7 Å². The quantitative estimate of drug-likeness (QED) is 0.797. The second-order valence-electron chi connectivity index (χ2n) is 6.29. The van der Waals surface area contributed by atoms with Crippen molar-refractivity contribution in [2.75, 3.05) is 18.0 Å². The van der Waals surface area contributed by atoms with Gasteiger partial charge in [0.15, 0.2) is 0 Å². The van der Waals surface area contributed by atoms with E-state index in [2.05, 4.69) is 50.0 Å². The van der Waals surface area contributed by atoms with Crippen LogP contribution in [-0.2, 0) is 13.6 Å². The van der Waals surface area contributed by atoms with Crippen LogP contribution in [0.5, 0.6) is 0 Å². The minimum Gasteiger partial charge on any atom is -0.339 e. The van der Waals surface area contributed by atoms with Crippen molar-refractivity contribution in [2.24, 2.45) is 7.05 Å². The van der Waals surface area contributed by atoms with Crippen LogP contribution in [0.4, 0.5) is 5.95 Å². The molecular weight excluding hydrogens is 300 g/mol. The van der Waals surface area contributed by atoms with Gasteiger partial charge in [-0.25, -0.2) is 15.0 Å². The number of nitrogens with zero attached hydrogens (tertiary/aromatic N) is 5. The largest absolute Gasteiger partial charge is 0.339 e. The number of benzene rings is 1. The van der Waals surface area contributed by atoms with Crippen LogP contribution in [0.3, 0.4) is 0 Å². The predicted molar refractivity (Wildman–Crippen MR) is 94.8 cm³/mol. The molecule has 6 nitrogen and oxygen atoms in total. The highest BCUT2D eigenvalue weighted by Crippen LogP contribution is 2.17. The molecular formula is C18H22N6. The Balaban J connectivity index is 1.42. The van der Waals surface area contributed by atoms with Gasteiger partial charge in [-0.15, -0.1) is 0 Å². The monoisotopic (exact) mass is 322 g/mol. The van der Waals surface area contributed by atoms with Crippen molar-refractivity contribution >= 4 is 17.0 Å². The molecule has 1 aliphatic heterocycles. The van der Waals surface area contributed by atoms with Crippen LogP contribution >= 0.6 is 0 Å². The predicted octanol–water partition coefficient (Wildman–Crippen LogP) is 2.12. The van der Waals surface area contributed by atoms with E-state index in [1.165, 1.54) is 11.9 Å². The summed E-state index contributed by atoms with van der Waals surface area (Å²) in [5.41, 5.74) is 2.23. The van der Waals surface area contributed by atoms with Gasteiger partial charge in [-0.2, -0.15) is 0 Å². The Morgan fingerprint density at radius 1 is 1.17 bits per heavy atom. The molecule has 3 aromatic rings. The lowest BCUT2D eigenvalue weighted by atomic mass is 10.1. The molecule has 0 bridgehead atoms. The Hall–Kier alpha value is -2.47. The summed E-state index contributed by atoms with van der Waals surface area (Å²) in [4.78, 5) is 15.7. The molecule has 0 amide bonds. The highest BCUT2D eigenvalue weighted by Gasteiger charge is 2.21. The van der Waals surface area contributed by atoms with E-state index in [1.54, 1.807) is 12.4 Å². The fraction of sp³-hybridized carbons (Fsp3) is 0.389. The summed E-state index contributed by atoms with van der Waals surface area (Å²) < 4.78 is 2.17. The molecule has 0 radical (unpaired) electrons. The normalized spacial score (nSPS) is 18.2. The Morgan fingerprint density at radius 2 is 2.00 bits per heavy atom. The maximum absolute atomic E-state index is 4.74. The van der Waals surface area contributed by atoms with Crippen molar-refractivity contribution < 1.29 is 0 Å². The molecule has 1 N–H and O–H groups in total. The molecule has 1 saturated heterocycles. The fourth-order valence-corrected chi connectivity index (χ4v) is 3.37. The topological polar surface area (TPSA) is 58.9 Å². The van der Waals surface area contributed by atoms with Crippen molar-refractivity contribution in [3.05, 3.63) is 48.5 Å². The third kappa shape index (κ3) is 2.97. The first-order chi connectivity index (χ1) is 11.8. The van der Waals surface area contributed by atoms with E-state index in [9.17, 15) is 0 Å². The number of aromatic nitrogens is 4. The smallest absolute Gasteiger partial charge is 0.225 e. The number of rotatable bonds is 4. The Morgan fingerprint density at radius 3 is 2.83 bits per heavy atom. The number of anilines is 1. The molecule has 124 valence electrons. The first-order valence-corrected chi connectivity index (χ1v) is 8.47. The van der Waals surface area contributed by atoms with Crippen molar-refractivity contribution in [2.45, 2.75) is 25.4 Å². The van der Waals surface area contributed by atoms with Crippen LogP contribution in [-0.4, -0.2) is 38.7 Å². The number of piperidine rings is 1. The standard InChI is InChI=1S/C18H22N6/c1-23-16-8-3-2-7-15(16)22-17(23)12-21-14-6-4-11-24(13-14)18-19-9-5-10-20-18/h2-3,5,7-10,14,21H,4,6,11-13H2,1H3/t14-/m1/s1. The molecule has 6 heteroatoms. The number of nitrogens with one attached hydrogen (secondary N) is 1. The van der Waals surface area contributed by atoms with Gasteiger partial charge < -0.3 is 14.8 Å². The van der Waals surface area contributed by atoms with Crippen molar-refractivity contribution in [1.29, 1.82) is 0 Å². The zero-order valence-electron chi connectivity index (χ0n) is 13.9. The van der Waals surface area contributed by atoms with E-state index in [0.29, 0.717) is 6.04 Å². The van der Waals surface area contributed by atoms with Gasteiger partial charge in [0, 0.05) is 38.6 Å². The van der Waals surface area contributed by atoms with E-state index < -0.39 is 0 Å². The SMILES string of the molecule is Cn1c(CN[C@@H]2CCCN(c3ncccn3)C2)nc2ccccc21. The maximum atomic E-state index is 4.74. The van der Waals surface area contributed by atoms with Gasteiger partial charge in [0.05, 0.1) is 17.6 Å². The lowest BCUT2D eigenvalue weighted by molar-refractivity contribution is 0.412. The van der Waals surface area contributed by atoms with Crippen LogP contribution in [0.25, 0.3) is 11.0 Å². The molecule has 1 aliphatic rings. The minimum atomic E-state index is 0.433. The van der Waals surface area contributed by atoms with Gasteiger partial charge in [-0.05, 0) is 31.0 Å². The average molecular weight is 322 g/mol. The van der Waals surface area contributed by atoms with Gasteiger partial charge in [-0.1, -0.05) is 12.1 Å². The van der Waals surface area contributed by atoms with Crippen LogP contribution in [0.2, 0.25) is 0 Å². The van der Waals surface area contributed by atoms with Gasteiger partial charge in [-0.3, -0.25) is 0 Å². The average Bonchev–Trinajstić information content (AvgIpc) is 2.97. The number of aryl methyl sites for hydroxylation is 1. The van der Waals surface area contributed by atoms with E-state index in [1.807, 2.05) is 12.1 Å². The number of imidazole rings is 1. The Bertz CT molecular complexity index is 813. The summed E-state index contributed by atoms with van der Waals surface area (Å²) >= 11 is 0. The van der Waals surface area contributed by atoms with Gasteiger partial charge in [0.25, 0.3) is 0 Å². The first-order valence-electron chi connectivity index (χ1n) is 8.47. The Labute approximate surface area is 141 Å². The van der Waals surface area contributed by atoms with E-state index in [0.717, 1.165) is 43.3 Å². The molecule has 4 rings (SSSR count). The lowest BCUT2D eigenvalue weighted by Gasteiger charge is -2.33. The molecule has 2 aromatic heterocycles. The lowest BCUT2D eigenvalue weighted by Crippen LogP contribution is -2.46. The molecule has 0 saturated carbocycles. The van der Waals surface area contributed by atoms with Crippen molar-refractivity contribution in [1.82, 2.24) is 24.8 Å². The van der Waals surface area contributed by atoms with Gasteiger partial charge >= 0.3 is 0 Å². The molecule has 0 unspecified atom stereocenters. The van der Waals surface area contributed by atoms with Gasteiger partial charge in [0.2, 0.25) is 5.95 Å². The molecule has 1 aromatic carbocycles. The number of para-hydroxylation sites is 2. The zero-order valence-corrected chi connectivity index (χ0v) is 13.9. The van der Waals surface area contributed by atoms with Gasteiger partial charge in [0.1, 0.15) is 5.82 Å². The molecule has 1 atom stereocenters. The molecule has 24 heavy (non-hydrogen) atoms. The minimum absolute atomic E-state index is 0.433. The molecule has 1 fully saturated rings. The number of fused-ring (bicyclic) bond motifs is 1. The summed E-state index contributed by atoms with van der Waals surface area (Å²) in [7, 11) is 2.08. The van der Waals surface area contributed by atoms with E-state index >= 15 is 0 Å². The second kappa shape index (κ2) is 6.57.